The summed E-state index contributed by atoms with van der Waals surface area (Å²) >= 11 is 0. The van der Waals surface area contributed by atoms with Crippen molar-refractivity contribution in [1.82, 2.24) is 9.13 Å². The molecule has 1 fully saturated rings. The Kier molecular flexibility index (Phi) is 5.35. The summed E-state index contributed by atoms with van der Waals surface area (Å²) < 4.78 is 45.9. The number of aromatic nitrogens is 2. The first-order valence-electron chi connectivity index (χ1n) is 11.2. The molecule has 1 N–H and O–H groups in total. The number of alkyl halides is 3. The number of carboxylic acid groups (broad SMARTS) is 1. The van der Waals surface area contributed by atoms with Crippen LogP contribution in [-0.2, 0) is 5.54 Å². The van der Waals surface area contributed by atoms with Crippen molar-refractivity contribution in [2.24, 2.45) is 0 Å². The lowest BCUT2D eigenvalue weighted by atomic mass is 10.0. The van der Waals surface area contributed by atoms with Crippen LogP contribution in [0.15, 0.2) is 71.5 Å². The fraction of sp³-hybridized carbons (Fsp3) is 0.231. The van der Waals surface area contributed by atoms with Gasteiger partial charge in [-0.1, -0.05) is 12.1 Å². The Bertz CT molecular complexity index is 1530. The fourth-order valence-corrected chi connectivity index (χ4v) is 4.64. The minimum absolute atomic E-state index is 0.0932. The molecule has 7 nitrogen and oxygen atoms in total. The molecule has 0 amide bonds. The van der Waals surface area contributed by atoms with Gasteiger partial charge in [0.25, 0.3) is 0 Å². The van der Waals surface area contributed by atoms with Gasteiger partial charge in [-0.05, 0) is 66.9 Å². The van der Waals surface area contributed by atoms with E-state index in [1.807, 2.05) is 31.1 Å². The van der Waals surface area contributed by atoms with E-state index in [9.17, 15) is 27.9 Å². The van der Waals surface area contributed by atoms with E-state index in [4.69, 9.17) is 0 Å². The van der Waals surface area contributed by atoms with Crippen molar-refractivity contribution in [3.05, 3.63) is 88.3 Å². The Balaban J connectivity index is 1.75. The molecule has 1 aliphatic carbocycles. The van der Waals surface area contributed by atoms with Crippen LogP contribution in [0.1, 0.15) is 28.8 Å². The van der Waals surface area contributed by atoms with Crippen molar-refractivity contribution in [2.75, 3.05) is 19.0 Å². The number of benzene rings is 3. The first-order chi connectivity index (χ1) is 17.0. The van der Waals surface area contributed by atoms with Crippen LogP contribution in [0.5, 0.6) is 5.75 Å². The monoisotopic (exact) mass is 497 g/mol. The average Bonchev–Trinajstić information content (AvgIpc) is 3.56. The number of rotatable bonds is 6. The van der Waals surface area contributed by atoms with Gasteiger partial charge in [0.1, 0.15) is 5.75 Å². The molecule has 0 saturated heterocycles. The Morgan fingerprint density at radius 3 is 2.28 bits per heavy atom. The van der Waals surface area contributed by atoms with Crippen molar-refractivity contribution in [3.63, 3.8) is 0 Å². The van der Waals surface area contributed by atoms with Gasteiger partial charge >= 0.3 is 18.0 Å². The van der Waals surface area contributed by atoms with Gasteiger partial charge in [0.05, 0.1) is 27.8 Å². The zero-order valence-electron chi connectivity index (χ0n) is 19.4. The number of anilines is 1. The second kappa shape index (κ2) is 8.18. The predicted octanol–water partition coefficient (Wildman–Crippen LogP) is 4.99. The van der Waals surface area contributed by atoms with Crippen molar-refractivity contribution >= 4 is 22.7 Å². The van der Waals surface area contributed by atoms with Gasteiger partial charge in [-0.3, -0.25) is 9.13 Å². The van der Waals surface area contributed by atoms with Crippen LogP contribution in [0.2, 0.25) is 0 Å². The molecule has 1 aliphatic rings. The van der Waals surface area contributed by atoms with E-state index >= 15 is 0 Å². The third-order valence-electron chi connectivity index (χ3n) is 6.47. The zero-order chi connectivity index (χ0) is 25.8. The Labute approximate surface area is 203 Å². The summed E-state index contributed by atoms with van der Waals surface area (Å²) in [5, 5.41) is 9.45. The Morgan fingerprint density at radius 2 is 1.69 bits per heavy atom. The standard InChI is InChI=1S/C26H22F3N3O4/c1-30(2)18-6-8-19(9-7-18)31-22-15-20(36-26(27,28)29)10-11-21(22)32(24(31)35)25(12-13-25)17-5-3-4-16(14-17)23(33)34/h3-11,14-15H,12-13H2,1-2H3,(H,33,34). The number of fused-ring (bicyclic) bond motifs is 1. The van der Waals surface area contributed by atoms with Gasteiger partial charge in [0.2, 0.25) is 0 Å². The van der Waals surface area contributed by atoms with Gasteiger partial charge in [-0.15, -0.1) is 13.2 Å². The summed E-state index contributed by atoms with van der Waals surface area (Å²) in [6.45, 7) is 0. The van der Waals surface area contributed by atoms with Crippen molar-refractivity contribution in [1.29, 1.82) is 0 Å². The van der Waals surface area contributed by atoms with E-state index in [1.54, 1.807) is 28.8 Å². The molecule has 0 spiro atoms. The predicted molar refractivity (Wildman–Crippen MR) is 128 cm³/mol. The minimum atomic E-state index is -4.89. The molecule has 0 atom stereocenters. The maximum absolute atomic E-state index is 13.9. The molecule has 5 rings (SSSR count). The topological polar surface area (TPSA) is 76.7 Å². The lowest BCUT2D eigenvalue weighted by Crippen LogP contribution is -2.32. The third kappa shape index (κ3) is 3.98. The number of ether oxygens (including phenoxy) is 1. The van der Waals surface area contributed by atoms with Crippen LogP contribution in [-0.4, -0.2) is 40.7 Å². The Hall–Kier alpha value is -4.21. The average molecular weight is 497 g/mol. The third-order valence-corrected chi connectivity index (χ3v) is 6.47. The van der Waals surface area contributed by atoms with Gasteiger partial charge in [0.15, 0.2) is 0 Å². The number of nitrogens with zero attached hydrogens (tertiary/aromatic N) is 3. The summed E-state index contributed by atoms with van der Waals surface area (Å²) in [6, 6.07) is 17.3. The van der Waals surface area contributed by atoms with Crippen molar-refractivity contribution in [3.8, 4) is 11.4 Å². The van der Waals surface area contributed by atoms with Gasteiger partial charge in [-0.25, -0.2) is 9.59 Å². The highest BCUT2D eigenvalue weighted by molar-refractivity contribution is 5.88. The van der Waals surface area contributed by atoms with Crippen LogP contribution in [0.25, 0.3) is 16.7 Å². The number of carbonyl (C=O) groups is 1. The van der Waals surface area contributed by atoms with Gasteiger partial charge in [-0.2, -0.15) is 0 Å². The molecule has 1 heterocycles. The molecule has 4 aromatic rings. The fourth-order valence-electron chi connectivity index (χ4n) is 4.64. The molecule has 0 unspecified atom stereocenters. The van der Waals surface area contributed by atoms with Crippen LogP contribution in [0.4, 0.5) is 18.9 Å². The molecule has 1 saturated carbocycles. The number of carboxylic acids is 1. The quantitative estimate of drug-likeness (QED) is 0.406. The highest BCUT2D eigenvalue weighted by atomic mass is 19.4. The SMILES string of the molecule is CN(C)c1ccc(-n2c(=O)n(C3(c4cccc(C(=O)O)c4)CC3)c3ccc(OC(F)(F)F)cc32)cc1. The summed E-state index contributed by atoms with van der Waals surface area (Å²) in [5.74, 6) is -1.53. The molecule has 36 heavy (non-hydrogen) atoms. The number of hydrogen-bond acceptors (Lipinski definition) is 4. The molecule has 0 aliphatic heterocycles. The maximum Gasteiger partial charge on any atom is 0.573 e. The molecular weight excluding hydrogens is 475 g/mol. The molecule has 10 heteroatoms. The van der Waals surface area contributed by atoms with E-state index in [-0.39, 0.29) is 11.1 Å². The maximum atomic E-state index is 13.9. The number of aromatic carboxylic acids is 1. The van der Waals surface area contributed by atoms with Crippen molar-refractivity contribution < 1.29 is 27.8 Å². The largest absolute Gasteiger partial charge is 0.573 e. The number of halogens is 3. The summed E-state index contributed by atoms with van der Waals surface area (Å²) in [6.07, 6.45) is -3.73. The van der Waals surface area contributed by atoms with Crippen LogP contribution >= 0.6 is 0 Å². The second-order valence-corrected chi connectivity index (χ2v) is 8.98. The van der Waals surface area contributed by atoms with E-state index in [0.29, 0.717) is 29.6 Å². The van der Waals surface area contributed by atoms with Crippen LogP contribution in [0.3, 0.4) is 0 Å². The van der Waals surface area contributed by atoms with E-state index in [0.717, 1.165) is 5.69 Å². The smallest absolute Gasteiger partial charge is 0.478 e. The first-order valence-corrected chi connectivity index (χ1v) is 11.2. The van der Waals surface area contributed by atoms with Crippen molar-refractivity contribution in [2.45, 2.75) is 24.7 Å². The second-order valence-electron chi connectivity index (χ2n) is 8.98. The van der Waals surface area contributed by atoms with E-state index < -0.39 is 29.3 Å². The zero-order valence-corrected chi connectivity index (χ0v) is 19.4. The van der Waals surface area contributed by atoms with E-state index in [1.165, 1.54) is 34.9 Å². The number of hydrogen-bond donors (Lipinski definition) is 1. The normalized spacial score (nSPS) is 14.6. The lowest BCUT2D eigenvalue weighted by Gasteiger charge is -2.19. The molecule has 0 radical (unpaired) electrons. The first kappa shape index (κ1) is 23.5. The lowest BCUT2D eigenvalue weighted by molar-refractivity contribution is -0.274. The minimum Gasteiger partial charge on any atom is -0.478 e. The highest BCUT2D eigenvalue weighted by Crippen LogP contribution is 2.50. The van der Waals surface area contributed by atoms with Crippen LogP contribution in [0, 0.1) is 0 Å². The molecule has 3 aromatic carbocycles. The summed E-state index contributed by atoms with van der Waals surface area (Å²) in [7, 11) is 3.74. The van der Waals surface area contributed by atoms with E-state index in [2.05, 4.69) is 4.74 Å². The number of imidazole rings is 1. The Morgan fingerprint density at radius 1 is 1.00 bits per heavy atom. The molecule has 1 aromatic heterocycles. The van der Waals surface area contributed by atoms with Crippen LogP contribution < -0.4 is 15.3 Å². The summed E-state index contributed by atoms with van der Waals surface area (Å²) in [5.41, 5.74) is 1.55. The van der Waals surface area contributed by atoms with Gasteiger partial charge < -0.3 is 14.7 Å². The summed E-state index contributed by atoms with van der Waals surface area (Å²) in [4.78, 5) is 27.4. The van der Waals surface area contributed by atoms with Gasteiger partial charge in [0, 0.05) is 25.8 Å². The molecule has 186 valence electrons. The molecule has 0 bridgehead atoms. The molecular formula is C26H22F3N3O4. The highest BCUT2D eigenvalue weighted by Gasteiger charge is 2.49.